The lowest BCUT2D eigenvalue weighted by Gasteiger charge is -2.09. The first-order valence-corrected chi connectivity index (χ1v) is 5.77. The van der Waals surface area contributed by atoms with Crippen LogP contribution in [0.25, 0.3) is 0 Å². The van der Waals surface area contributed by atoms with Crippen molar-refractivity contribution in [2.24, 2.45) is 5.10 Å². The van der Waals surface area contributed by atoms with Crippen LogP contribution in [0.2, 0.25) is 0 Å². The fraction of sp³-hybridized carbons (Fsp3) is 0.273. The number of nitrogens with zero attached hydrogens (tertiary/aromatic N) is 2. The van der Waals surface area contributed by atoms with Crippen molar-refractivity contribution in [1.29, 1.82) is 0 Å². The minimum atomic E-state index is -1.17. The van der Waals surface area contributed by atoms with E-state index in [0.717, 1.165) is 0 Å². The van der Waals surface area contributed by atoms with Gasteiger partial charge in [-0.2, -0.15) is 5.10 Å². The van der Waals surface area contributed by atoms with E-state index in [4.69, 9.17) is 10.8 Å². The first kappa shape index (κ1) is 13.7. The Morgan fingerprint density at radius 1 is 1.65 bits per heavy atom. The molecule has 20 heavy (non-hydrogen) atoms. The molecule has 0 aromatic heterocycles. The molecule has 0 bridgehead atoms. The molecule has 1 amide bonds. The Balaban J connectivity index is 2.14. The highest BCUT2D eigenvalue weighted by Crippen LogP contribution is 2.20. The summed E-state index contributed by atoms with van der Waals surface area (Å²) in [6.07, 6.45) is 0. The van der Waals surface area contributed by atoms with Crippen LogP contribution in [-0.2, 0) is 11.4 Å². The summed E-state index contributed by atoms with van der Waals surface area (Å²) in [5.74, 6) is -0.680. The van der Waals surface area contributed by atoms with E-state index in [2.05, 4.69) is 15.8 Å². The number of hydrogen-bond acceptors (Lipinski definition) is 7. The fourth-order valence-electron chi connectivity index (χ4n) is 1.78. The molecule has 1 heterocycles. The zero-order valence-electron chi connectivity index (χ0n) is 10.4. The predicted molar refractivity (Wildman–Crippen MR) is 71.6 cm³/mol. The van der Waals surface area contributed by atoms with Crippen molar-refractivity contribution in [3.05, 3.63) is 33.9 Å². The van der Waals surface area contributed by atoms with Crippen molar-refractivity contribution in [3.63, 3.8) is 0 Å². The Hall–Kier alpha value is -2.68. The van der Waals surface area contributed by atoms with E-state index in [-0.39, 0.29) is 24.6 Å². The number of carbonyl (C=O) groups is 1. The van der Waals surface area contributed by atoms with Crippen LogP contribution in [0.1, 0.15) is 5.56 Å². The number of carbonyl (C=O) groups excluding carboxylic acids is 1. The zero-order valence-corrected chi connectivity index (χ0v) is 10.4. The van der Waals surface area contributed by atoms with Crippen LogP contribution in [0.4, 0.5) is 11.4 Å². The molecule has 0 radical (unpaired) electrons. The highest BCUT2D eigenvalue weighted by Gasteiger charge is 2.36. The molecular formula is C11H13N5O4. The summed E-state index contributed by atoms with van der Waals surface area (Å²) in [6.45, 7) is -0.187. The quantitative estimate of drug-likeness (QED) is 0.326. The van der Waals surface area contributed by atoms with E-state index >= 15 is 0 Å². The first-order chi connectivity index (χ1) is 9.52. The maximum Gasteiger partial charge on any atom is 0.280 e. The lowest BCUT2D eigenvalue weighted by atomic mass is 10.1. The minimum Gasteiger partial charge on any atom is -0.397 e. The van der Waals surface area contributed by atoms with Crippen LogP contribution in [0, 0.1) is 10.1 Å². The van der Waals surface area contributed by atoms with E-state index in [1.54, 1.807) is 6.07 Å². The number of benzene rings is 1. The van der Waals surface area contributed by atoms with Crippen molar-refractivity contribution in [2.45, 2.75) is 12.6 Å². The summed E-state index contributed by atoms with van der Waals surface area (Å²) in [5.41, 5.74) is 9.12. The van der Waals surface area contributed by atoms with Gasteiger partial charge in [-0.1, -0.05) is 6.07 Å². The van der Waals surface area contributed by atoms with Crippen LogP contribution in [-0.4, -0.2) is 34.2 Å². The average Bonchev–Trinajstić information content (AvgIpc) is 2.90. The lowest BCUT2D eigenvalue weighted by Crippen LogP contribution is -2.38. The molecule has 0 saturated heterocycles. The van der Waals surface area contributed by atoms with E-state index in [9.17, 15) is 14.9 Å². The Labute approximate surface area is 113 Å². The third kappa shape index (κ3) is 2.67. The maximum absolute atomic E-state index is 11.9. The minimum absolute atomic E-state index is 0.0192. The van der Waals surface area contributed by atoms with Gasteiger partial charge in [0.25, 0.3) is 11.9 Å². The number of aliphatic hydroxyl groups excluding tert-OH is 1. The second-order valence-corrected chi connectivity index (χ2v) is 4.19. The molecule has 0 fully saturated rings. The van der Waals surface area contributed by atoms with Crippen molar-refractivity contribution in [3.8, 4) is 0 Å². The molecular weight excluding hydrogens is 266 g/mol. The average molecular weight is 279 g/mol. The van der Waals surface area contributed by atoms with Gasteiger partial charge in [0.05, 0.1) is 18.0 Å². The molecule has 106 valence electrons. The fourth-order valence-corrected chi connectivity index (χ4v) is 1.78. The SMILES string of the molecule is Nc1cc(CO)ccc1NC(=O)C1=NNCC1[N+](=O)[O-]. The van der Waals surface area contributed by atoms with E-state index in [1.165, 1.54) is 12.1 Å². The summed E-state index contributed by atoms with van der Waals surface area (Å²) in [6, 6.07) is 3.44. The molecule has 0 saturated carbocycles. The molecule has 2 rings (SSSR count). The first-order valence-electron chi connectivity index (χ1n) is 5.77. The molecule has 0 spiro atoms. The Bertz CT molecular complexity index is 586. The van der Waals surface area contributed by atoms with Crippen LogP contribution < -0.4 is 16.5 Å². The molecule has 9 nitrogen and oxygen atoms in total. The summed E-state index contributed by atoms with van der Waals surface area (Å²) in [4.78, 5) is 22.1. The number of anilines is 2. The van der Waals surface area contributed by atoms with Gasteiger partial charge in [-0.3, -0.25) is 14.9 Å². The molecule has 9 heteroatoms. The highest BCUT2D eigenvalue weighted by atomic mass is 16.6. The topological polar surface area (TPSA) is 143 Å². The lowest BCUT2D eigenvalue weighted by molar-refractivity contribution is -0.498. The molecule has 0 aliphatic carbocycles. The van der Waals surface area contributed by atoms with Gasteiger partial charge in [0, 0.05) is 4.92 Å². The van der Waals surface area contributed by atoms with Gasteiger partial charge in [0.15, 0.2) is 0 Å². The number of amides is 1. The largest absolute Gasteiger partial charge is 0.397 e. The molecule has 1 aliphatic heterocycles. The number of rotatable bonds is 4. The number of hydrogen-bond donors (Lipinski definition) is 4. The smallest absolute Gasteiger partial charge is 0.280 e. The van der Waals surface area contributed by atoms with E-state index in [1.807, 2.05) is 0 Å². The van der Waals surface area contributed by atoms with Crippen molar-refractivity contribution in [1.82, 2.24) is 5.43 Å². The van der Waals surface area contributed by atoms with Gasteiger partial charge in [0.2, 0.25) is 5.71 Å². The summed E-state index contributed by atoms with van der Waals surface area (Å²) in [7, 11) is 0. The number of nitrogens with two attached hydrogens (primary N) is 1. The van der Waals surface area contributed by atoms with Gasteiger partial charge in [0.1, 0.15) is 6.54 Å². The molecule has 1 aliphatic rings. The summed E-state index contributed by atoms with van der Waals surface area (Å²) in [5, 5.41) is 25.8. The van der Waals surface area contributed by atoms with Gasteiger partial charge < -0.3 is 21.6 Å². The van der Waals surface area contributed by atoms with Crippen LogP contribution in [0.5, 0.6) is 0 Å². The van der Waals surface area contributed by atoms with Crippen LogP contribution in [0.3, 0.4) is 0 Å². The standard InChI is InChI=1S/C11H13N5O4/c12-7-3-6(5-17)1-2-8(7)14-11(18)10-9(16(19)20)4-13-15-10/h1-3,9,13,17H,4-5,12H2,(H,14,18). The molecule has 1 unspecified atom stereocenters. The van der Waals surface area contributed by atoms with Gasteiger partial charge >= 0.3 is 0 Å². The summed E-state index contributed by atoms with van der Waals surface area (Å²) >= 11 is 0. The van der Waals surface area contributed by atoms with Crippen molar-refractivity contribution >= 4 is 23.0 Å². The third-order valence-electron chi connectivity index (χ3n) is 2.83. The van der Waals surface area contributed by atoms with E-state index in [0.29, 0.717) is 11.3 Å². The molecule has 1 atom stereocenters. The van der Waals surface area contributed by atoms with Gasteiger partial charge in [-0.15, -0.1) is 0 Å². The van der Waals surface area contributed by atoms with Crippen LogP contribution in [0.15, 0.2) is 23.3 Å². The predicted octanol–water partition coefficient (Wildman–Crippen LogP) is -0.696. The van der Waals surface area contributed by atoms with E-state index < -0.39 is 16.9 Å². The Kier molecular flexibility index (Phi) is 3.80. The third-order valence-corrected chi connectivity index (χ3v) is 2.83. The van der Waals surface area contributed by atoms with Crippen molar-refractivity contribution < 1.29 is 14.8 Å². The second kappa shape index (κ2) is 5.53. The number of nitrogen functional groups attached to an aromatic ring is 1. The Morgan fingerprint density at radius 2 is 2.40 bits per heavy atom. The summed E-state index contributed by atoms with van der Waals surface area (Å²) < 4.78 is 0. The highest BCUT2D eigenvalue weighted by molar-refractivity contribution is 6.45. The van der Waals surface area contributed by atoms with Crippen LogP contribution >= 0.6 is 0 Å². The normalized spacial score (nSPS) is 17.2. The number of nitro groups is 1. The second-order valence-electron chi connectivity index (χ2n) is 4.19. The van der Waals surface area contributed by atoms with Gasteiger partial charge in [-0.25, -0.2) is 0 Å². The molecule has 5 N–H and O–H groups in total. The zero-order chi connectivity index (χ0) is 14.7. The van der Waals surface area contributed by atoms with Gasteiger partial charge in [-0.05, 0) is 17.7 Å². The monoisotopic (exact) mass is 279 g/mol. The number of nitrogens with one attached hydrogen (secondary N) is 2. The number of aliphatic hydroxyl groups is 1. The Morgan fingerprint density at radius 3 is 3.00 bits per heavy atom. The number of hydrazone groups is 1. The molecule has 1 aromatic rings. The van der Waals surface area contributed by atoms with Crippen molar-refractivity contribution in [2.75, 3.05) is 17.6 Å². The molecule has 1 aromatic carbocycles. The maximum atomic E-state index is 11.9.